The standard InChI is InChI=1S/C7H9NOS/c1-2-6-3-4-8(9)7(10)5-6/h3-5,9H,2H2,1H3. The summed E-state index contributed by atoms with van der Waals surface area (Å²) in [6, 6.07) is 3.63. The first-order valence-corrected chi connectivity index (χ1v) is 3.55. The predicted octanol–water partition coefficient (Wildman–Crippen LogP) is 2.02. The van der Waals surface area contributed by atoms with E-state index < -0.39 is 0 Å². The van der Waals surface area contributed by atoms with Crippen molar-refractivity contribution in [2.75, 3.05) is 0 Å². The fourth-order valence-corrected chi connectivity index (χ4v) is 0.945. The summed E-state index contributed by atoms with van der Waals surface area (Å²) >= 11 is 4.82. The third-order valence-electron chi connectivity index (χ3n) is 1.37. The Morgan fingerprint density at radius 1 is 1.70 bits per heavy atom. The van der Waals surface area contributed by atoms with Gasteiger partial charge in [0.05, 0.1) is 0 Å². The lowest BCUT2D eigenvalue weighted by Gasteiger charge is -1.98. The molecule has 1 rings (SSSR count). The first-order valence-electron chi connectivity index (χ1n) is 3.15. The monoisotopic (exact) mass is 155 g/mol. The molecule has 0 saturated carbocycles. The van der Waals surface area contributed by atoms with Gasteiger partial charge in [-0.1, -0.05) is 19.1 Å². The molecule has 0 aliphatic carbocycles. The zero-order valence-electron chi connectivity index (χ0n) is 5.74. The molecule has 1 aromatic rings. The Morgan fingerprint density at radius 2 is 2.40 bits per heavy atom. The van der Waals surface area contributed by atoms with E-state index in [4.69, 9.17) is 17.4 Å². The van der Waals surface area contributed by atoms with E-state index in [0.717, 1.165) is 16.7 Å². The molecule has 1 N–H and O–H groups in total. The van der Waals surface area contributed by atoms with E-state index in [2.05, 4.69) is 0 Å². The normalized spacial score (nSPS) is 9.70. The van der Waals surface area contributed by atoms with Crippen molar-refractivity contribution in [2.45, 2.75) is 13.3 Å². The van der Waals surface area contributed by atoms with Gasteiger partial charge in [0, 0.05) is 6.20 Å². The summed E-state index contributed by atoms with van der Waals surface area (Å²) in [5.74, 6) is 0. The van der Waals surface area contributed by atoms with Crippen LogP contribution in [0, 0.1) is 4.64 Å². The molecule has 0 radical (unpaired) electrons. The minimum absolute atomic E-state index is 0.458. The van der Waals surface area contributed by atoms with Crippen LogP contribution in [0.25, 0.3) is 0 Å². The molecular weight excluding hydrogens is 146 g/mol. The van der Waals surface area contributed by atoms with Crippen LogP contribution in [0.5, 0.6) is 0 Å². The van der Waals surface area contributed by atoms with Crippen LogP contribution in [0.2, 0.25) is 0 Å². The third kappa shape index (κ3) is 1.36. The fourth-order valence-electron chi connectivity index (χ4n) is 0.733. The van der Waals surface area contributed by atoms with Crippen molar-refractivity contribution in [3.8, 4) is 0 Å². The molecule has 0 aliphatic heterocycles. The van der Waals surface area contributed by atoms with E-state index in [9.17, 15) is 0 Å². The van der Waals surface area contributed by atoms with Crippen LogP contribution >= 0.6 is 12.2 Å². The maximum atomic E-state index is 8.95. The largest absolute Gasteiger partial charge is 0.428 e. The SMILES string of the molecule is CCc1ccn(O)c(=S)c1. The van der Waals surface area contributed by atoms with Crippen LogP contribution < -0.4 is 0 Å². The highest BCUT2D eigenvalue weighted by Gasteiger charge is 1.89. The van der Waals surface area contributed by atoms with Crippen LogP contribution in [0.3, 0.4) is 0 Å². The van der Waals surface area contributed by atoms with Crippen LogP contribution in [-0.2, 0) is 6.42 Å². The molecule has 0 saturated heterocycles. The second-order valence-electron chi connectivity index (χ2n) is 2.07. The Kier molecular flexibility index (Phi) is 2.06. The van der Waals surface area contributed by atoms with Gasteiger partial charge in [-0.25, -0.2) is 0 Å². The van der Waals surface area contributed by atoms with Crippen molar-refractivity contribution in [3.63, 3.8) is 0 Å². The Bertz CT molecular complexity index is 279. The van der Waals surface area contributed by atoms with Crippen molar-refractivity contribution in [3.05, 3.63) is 28.5 Å². The lowest BCUT2D eigenvalue weighted by molar-refractivity contribution is 0.180. The van der Waals surface area contributed by atoms with E-state index >= 15 is 0 Å². The number of aromatic nitrogens is 1. The molecule has 0 fully saturated rings. The van der Waals surface area contributed by atoms with Gasteiger partial charge in [0.2, 0.25) is 0 Å². The first kappa shape index (κ1) is 7.28. The van der Waals surface area contributed by atoms with Crippen LogP contribution in [-0.4, -0.2) is 9.94 Å². The molecule has 0 unspecified atom stereocenters. The lowest BCUT2D eigenvalue weighted by atomic mass is 10.2. The average molecular weight is 155 g/mol. The van der Waals surface area contributed by atoms with Gasteiger partial charge in [-0.05, 0) is 24.1 Å². The van der Waals surface area contributed by atoms with E-state index in [1.807, 2.05) is 13.0 Å². The lowest BCUT2D eigenvalue weighted by Crippen LogP contribution is -1.93. The molecule has 1 heterocycles. The Hall–Kier alpha value is -0.830. The molecule has 1 aromatic heterocycles. The molecule has 0 aliphatic rings. The Morgan fingerprint density at radius 3 is 2.90 bits per heavy atom. The minimum Gasteiger partial charge on any atom is -0.428 e. The summed E-state index contributed by atoms with van der Waals surface area (Å²) in [7, 11) is 0. The van der Waals surface area contributed by atoms with Crippen molar-refractivity contribution >= 4 is 12.2 Å². The van der Waals surface area contributed by atoms with Gasteiger partial charge in [-0.15, -0.1) is 0 Å². The number of rotatable bonds is 1. The Labute approximate surface area is 64.7 Å². The maximum absolute atomic E-state index is 8.95. The van der Waals surface area contributed by atoms with Gasteiger partial charge >= 0.3 is 0 Å². The van der Waals surface area contributed by atoms with E-state index in [0.29, 0.717) is 4.64 Å². The molecular formula is C7H9NOS. The second kappa shape index (κ2) is 2.84. The molecule has 3 heteroatoms. The molecule has 2 nitrogen and oxygen atoms in total. The molecule has 0 amide bonds. The van der Waals surface area contributed by atoms with Gasteiger partial charge < -0.3 is 5.21 Å². The highest BCUT2D eigenvalue weighted by molar-refractivity contribution is 7.71. The van der Waals surface area contributed by atoms with Crippen LogP contribution in [0.15, 0.2) is 18.3 Å². The number of aryl methyl sites for hydroxylation is 1. The maximum Gasteiger partial charge on any atom is 0.142 e. The van der Waals surface area contributed by atoms with E-state index in [-0.39, 0.29) is 0 Å². The third-order valence-corrected chi connectivity index (χ3v) is 1.68. The zero-order valence-corrected chi connectivity index (χ0v) is 6.56. The summed E-state index contributed by atoms with van der Waals surface area (Å²) in [5, 5.41) is 8.95. The second-order valence-corrected chi connectivity index (χ2v) is 2.49. The summed E-state index contributed by atoms with van der Waals surface area (Å²) in [5.41, 5.74) is 1.15. The van der Waals surface area contributed by atoms with Crippen molar-refractivity contribution < 1.29 is 5.21 Å². The van der Waals surface area contributed by atoms with Gasteiger partial charge in [0.1, 0.15) is 4.64 Å². The molecule has 54 valence electrons. The van der Waals surface area contributed by atoms with Gasteiger partial charge in [0.15, 0.2) is 0 Å². The average Bonchev–Trinajstić information content (AvgIpc) is 1.95. The van der Waals surface area contributed by atoms with Gasteiger partial charge in [-0.2, -0.15) is 4.73 Å². The van der Waals surface area contributed by atoms with Gasteiger partial charge in [-0.3, -0.25) is 0 Å². The van der Waals surface area contributed by atoms with Crippen molar-refractivity contribution in [1.82, 2.24) is 4.73 Å². The molecule has 0 spiro atoms. The number of pyridine rings is 1. The summed E-state index contributed by atoms with van der Waals surface area (Å²) < 4.78 is 1.40. The van der Waals surface area contributed by atoms with E-state index in [1.165, 1.54) is 0 Å². The highest BCUT2D eigenvalue weighted by Crippen LogP contribution is 1.99. The molecule has 0 atom stereocenters. The molecule has 0 aromatic carbocycles. The number of hydrogen-bond donors (Lipinski definition) is 1. The van der Waals surface area contributed by atoms with Gasteiger partial charge in [0.25, 0.3) is 0 Å². The minimum atomic E-state index is 0.458. The topological polar surface area (TPSA) is 25.2 Å². The smallest absolute Gasteiger partial charge is 0.142 e. The number of hydrogen-bond acceptors (Lipinski definition) is 2. The van der Waals surface area contributed by atoms with Crippen molar-refractivity contribution in [1.29, 1.82) is 0 Å². The Balaban J connectivity index is 3.17. The summed E-state index contributed by atoms with van der Waals surface area (Å²) in [6.45, 7) is 2.05. The highest BCUT2D eigenvalue weighted by atomic mass is 32.1. The zero-order chi connectivity index (χ0) is 7.56. The predicted molar refractivity (Wildman–Crippen MR) is 41.8 cm³/mol. The summed E-state index contributed by atoms with van der Waals surface area (Å²) in [6.07, 6.45) is 2.51. The van der Waals surface area contributed by atoms with E-state index in [1.54, 1.807) is 12.3 Å². The summed E-state index contributed by atoms with van der Waals surface area (Å²) in [4.78, 5) is 0. The molecule has 0 bridgehead atoms. The number of nitrogens with zero attached hydrogens (tertiary/aromatic N) is 1. The fraction of sp³-hybridized carbons (Fsp3) is 0.286. The van der Waals surface area contributed by atoms with Crippen molar-refractivity contribution in [2.24, 2.45) is 0 Å². The molecule has 10 heavy (non-hydrogen) atoms. The quantitative estimate of drug-likeness (QED) is 0.495. The van der Waals surface area contributed by atoms with Crippen LogP contribution in [0.1, 0.15) is 12.5 Å². The van der Waals surface area contributed by atoms with Crippen LogP contribution in [0.4, 0.5) is 0 Å². The first-order chi connectivity index (χ1) is 4.74.